The molecule has 5 fully saturated rings. The summed E-state index contributed by atoms with van der Waals surface area (Å²) < 4.78 is 13.9. The van der Waals surface area contributed by atoms with Crippen LogP contribution in [0.25, 0.3) is 10.9 Å². The Bertz CT molecular complexity index is 2630. The van der Waals surface area contributed by atoms with E-state index in [1.807, 2.05) is 44.2 Å². The maximum Gasteiger partial charge on any atom is 0.293 e. The first-order valence-corrected chi connectivity index (χ1v) is 23.7. The largest absolute Gasteiger partial charge is 0.478 e. The van der Waals surface area contributed by atoms with Crippen molar-refractivity contribution in [3.63, 3.8) is 0 Å². The van der Waals surface area contributed by atoms with Crippen LogP contribution in [0, 0.1) is 5.41 Å². The van der Waals surface area contributed by atoms with E-state index in [0.717, 1.165) is 106 Å². The van der Waals surface area contributed by atoms with Gasteiger partial charge in [-0.2, -0.15) is 4.98 Å². The van der Waals surface area contributed by atoms with Gasteiger partial charge >= 0.3 is 0 Å². The molecule has 4 amide bonds. The van der Waals surface area contributed by atoms with E-state index < -0.39 is 6.04 Å². The molecule has 18 heteroatoms. The highest BCUT2D eigenvalue weighted by Crippen LogP contribution is 2.46. The van der Waals surface area contributed by atoms with Crippen molar-refractivity contribution in [2.24, 2.45) is 5.41 Å². The van der Waals surface area contributed by atoms with Gasteiger partial charge in [-0.05, 0) is 112 Å². The summed E-state index contributed by atoms with van der Waals surface area (Å²) >= 11 is 6.61. The Morgan fingerprint density at radius 3 is 2.45 bits per heavy atom. The van der Waals surface area contributed by atoms with Crippen LogP contribution in [0.3, 0.4) is 0 Å². The van der Waals surface area contributed by atoms with Gasteiger partial charge in [0.05, 0.1) is 23.9 Å². The van der Waals surface area contributed by atoms with Crippen molar-refractivity contribution in [1.29, 1.82) is 0 Å². The zero-order valence-corrected chi connectivity index (χ0v) is 38.4. The number of nitrogens with one attached hydrogen (secondary N) is 3. The number of anilines is 4. The van der Waals surface area contributed by atoms with Gasteiger partial charge in [-0.25, -0.2) is 4.98 Å². The molecule has 1 aliphatic carbocycles. The lowest BCUT2D eigenvalue weighted by Crippen LogP contribution is -2.65. The second-order valence-corrected chi connectivity index (χ2v) is 19.6. The number of pyridine rings is 1. The van der Waals surface area contributed by atoms with Crippen molar-refractivity contribution >= 4 is 69.3 Å². The van der Waals surface area contributed by atoms with Crippen LogP contribution in [-0.4, -0.2) is 125 Å². The van der Waals surface area contributed by atoms with Crippen LogP contribution in [0.1, 0.15) is 87.2 Å². The van der Waals surface area contributed by atoms with Gasteiger partial charge in [0, 0.05) is 93.7 Å². The summed E-state index contributed by atoms with van der Waals surface area (Å²) in [7, 11) is 1.52. The third-order valence-electron chi connectivity index (χ3n) is 14.6. The molecule has 6 aliphatic rings. The molecule has 1 spiro atoms. The third kappa shape index (κ3) is 8.56. The molecule has 10 rings (SSSR count). The van der Waals surface area contributed by atoms with Gasteiger partial charge in [0.25, 0.3) is 17.4 Å². The molecule has 66 heavy (non-hydrogen) atoms. The molecule has 0 radical (unpaired) electrons. The normalized spacial score (nSPS) is 23.2. The Labute approximate surface area is 388 Å². The molecule has 1 saturated carbocycles. The molecule has 17 nitrogen and oxygen atoms in total. The average molecular weight is 921 g/mol. The maximum atomic E-state index is 13.3. The lowest BCUT2D eigenvalue weighted by Gasteiger charge is -2.59. The molecular weight excluding hydrogens is 864 g/mol. The number of likely N-dealkylation sites (N-methyl/N-ethyl adjacent to an activating group) is 1. The van der Waals surface area contributed by atoms with E-state index in [-0.39, 0.29) is 60.1 Å². The number of imide groups is 1. The minimum absolute atomic E-state index is 0.0985. The highest BCUT2D eigenvalue weighted by atomic mass is 35.5. The molecule has 2 aromatic heterocycles. The predicted molar refractivity (Wildman–Crippen MR) is 250 cm³/mol. The van der Waals surface area contributed by atoms with Gasteiger partial charge in [0.15, 0.2) is 18.2 Å². The Hall–Kier alpha value is -5.78. The molecule has 3 N–H and O–H groups in total. The Kier molecular flexibility index (Phi) is 11.9. The molecule has 2 aromatic carbocycles. The third-order valence-corrected chi connectivity index (χ3v) is 14.9. The molecule has 1 atom stereocenters. The summed E-state index contributed by atoms with van der Waals surface area (Å²) in [4.78, 5) is 80.7. The minimum Gasteiger partial charge on any atom is -0.478 e. The monoisotopic (exact) mass is 920 g/mol. The molecule has 1 unspecified atom stereocenters. The van der Waals surface area contributed by atoms with E-state index in [0.29, 0.717) is 52.9 Å². The molecule has 0 bridgehead atoms. The first-order valence-electron chi connectivity index (χ1n) is 23.3. The minimum atomic E-state index is -0.600. The fourth-order valence-corrected chi connectivity index (χ4v) is 10.9. The van der Waals surface area contributed by atoms with E-state index in [1.165, 1.54) is 7.05 Å². The van der Waals surface area contributed by atoms with Crippen LogP contribution in [0.2, 0.25) is 5.02 Å². The van der Waals surface area contributed by atoms with Crippen molar-refractivity contribution in [2.75, 3.05) is 68.0 Å². The topological polar surface area (TPSA) is 184 Å². The van der Waals surface area contributed by atoms with Crippen LogP contribution in [0.15, 0.2) is 53.5 Å². The molecule has 7 heterocycles. The van der Waals surface area contributed by atoms with E-state index in [9.17, 15) is 24.0 Å². The fourth-order valence-electron chi connectivity index (χ4n) is 10.8. The number of nitrogens with zero attached hydrogens (tertiary/aromatic N) is 7. The van der Waals surface area contributed by atoms with Gasteiger partial charge in [0.1, 0.15) is 11.1 Å². The van der Waals surface area contributed by atoms with Gasteiger partial charge in [-0.15, -0.1) is 0 Å². The quantitative estimate of drug-likeness (QED) is 0.165. The smallest absolute Gasteiger partial charge is 0.293 e. The Morgan fingerprint density at radius 1 is 0.955 bits per heavy atom. The van der Waals surface area contributed by atoms with E-state index in [2.05, 4.69) is 41.7 Å². The Morgan fingerprint density at radius 2 is 1.73 bits per heavy atom. The standard InChI is InChI=1S/C48H57ClN10O7/c1-28(2)59-38-7-4-31(18-29(38)20-40(46(59)64)65-25-42(61)50-3)52-43-37(49)23-51-47(54-43)56-14-10-34(11-15-56)66-35-21-33(22-35)57-26-48(27-57)12-16-55(17-13-48)32-5-6-36-30(19-32)24-58(45(36)63)39-8-9-41(60)53-44(39)62/h4-7,18-20,23,28,33-35,39H,8-17,21-22,24-27H2,1-3H3,(H,50,61)(H,51,52,54)(H,53,60,62)/t33-,35-,39?. The van der Waals surface area contributed by atoms with Crippen LogP contribution >= 0.6 is 11.6 Å². The van der Waals surface area contributed by atoms with E-state index >= 15 is 0 Å². The highest BCUT2D eigenvalue weighted by Gasteiger charge is 2.50. The van der Waals surface area contributed by atoms with Crippen molar-refractivity contribution in [1.82, 2.24) is 35.0 Å². The number of piperidine rings is 3. The van der Waals surface area contributed by atoms with Gasteiger partial charge in [-0.3, -0.25) is 34.2 Å². The molecule has 4 aromatic rings. The summed E-state index contributed by atoms with van der Waals surface area (Å²) in [6, 6.07) is 13.2. The first kappa shape index (κ1) is 44.1. The molecular formula is C48H57ClN10O7. The number of carbonyl (C=O) groups is 4. The molecule has 348 valence electrons. The second kappa shape index (κ2) is 17.8. The average Bonchev–Trinajstić information content (AvgIpc) is 3.61. The van der Waals surface area contributed by atoms with Crippen molar-refractivity contribution in [3.8, 4) is 5.75 Å². The van der Waals surface area contributed by atoms with Crippen LogP contribution < -0.4 is 36.0 Å². The molecule has 4 saturated heterocycles. The van der Waals surface area contributed by atoms with Gasteiger partial charge in [0.2, 0.25) is 17.8 Å². The highest BCUT2D eigenvalue weighted by molar-refractivity contribution is 6.33. The van der Waals surface area contributed by atoms with Crippen molar-refractivity contribution in [2.45, 2.75) is 102 Å². The number of aromatic nitrogens is 3. The number of rotatable bonds is 12. The number of fused-ring (bicyclic) bond motifs is 2. The lowest BCUT2D eigenvalue weighted by atomic mass is 9.69. The summed E-state index contributed by atoms with van der Waals surface area (Å²) in [6.45, 7) is 9.81. The van der Waals surface area contributed by atoms with Gasteiger partial charge in [-0.1, -0.05) is 11.6 Å². The second-order valence-electron chi connectivity index (χ2n) is 19.2. The van der Waals surface area contributed by atoms with Crippen LogP contribution in [0.5, 0.6) is 5.75 Å². The Balaban J connectivity index is 0.671. The zero-order valence-electron chi connectivity index (χ0n) is 37.7. The van der Waals surface area contributed by atoms with Gasteiger partial charge < -0.3 is 39.4 Å². The summed E-state index contributed by atoms with van der Waals surface area (Å²) in [5.74, 6) is 0.0579. The molecule has 5 aliphatic heterocycles. The SMILES string of the molecule is CNC(=O)COc1cc2cc(Nc3nc(N4CCC(O[C@H]5C[C@H](N6CC7(CCN(c8ccc9c(c8)CN(C8CCC(=O)NC8=O)C9=O)CC7)C6)C5)CC4)ncc3Cl)ccc2n(C(C)C)c1=O. The summed E-state index contributed by atoms with van der Waals surface area (Å²) in [5.41, 5.74) is 4.27. The predicted octanol–water partition coefficient (Wildman–Crippen LogP) is 4.77. The number of halogens is 1. The lowest BCUT2D eigenvalue weighted by molar-refractivity contribution is -0.137. The summed E-state index contributed by atoms with van der Waals surface area (Å²) in [5, 5.41) is 9.38. The fraction of sp³-hybridized carbons (Fsp3) is 0.521. The van der Waals surface area contributed by atoms with Crippen LogP contribution in [-0.2, 0) is 25.7 Å². The number of benzene rings is 2. The van der Waals surface area contributed by atoms with Crippen molar-refractivity contribution < 1.29 is 28.7 Å². The van der Waals surface area contributed by atoms with Crippen LogP contribution in [0.4, 0.5) is 23.1 Å². The van der Waals surface area contributed by atoms with E-state index in [4.69, 9.17) is 26.1 Å². The van der Waals surface area contributed by atoms with Crippen molar-refractivity contribution in [3.05, 3.63) is 75.2 Å². The number of likely N-dealkylation sites (tertiary alicyclic amines) is 1. The first-order chi connectivity index (χ1) is 31.8. The maximum absolute atomic E-state index is 13.3. The summed E-state index contributed by atoms with van der Waals surface area (Å²) in [6.07, 6.45) is 8.97. The zero-order chi connectivity index (χ0) is 45.9. The van der Waals surface area contributed by atoms with E-state index in [1.54, 1.807) is 21.7 Å². The number of hydrogen-bond acceptors (Lipinski definition) is 13. The number of ether oxygens (including phenoxy) is 2. The number of hydrogen-bond donors (Lipinski definition) is 3. The number of carbonyl (C=O) groups excluding carboxylic acids is 4. The number of amides is 4.